The summed E-state index contributed by atoms with van der Waals surface area (Å²) in [6.45, 7) is 3.09. The van der Waals surface area contributed by atoms with Crippen LogP contribution in [0, 0.1) is 5.92 Å². The quantitative estimate of drug-likeness (QED) is 0.895. The summed E-state index contributed by atoms with van der Waals surface area (Å²) < 4.78 is 0. The summed E-state index contributed by atoms with van der Waals surface area (Å²) in [5.74, 6) is 0.816. The number of amides is 1. The molecule has 1 aromatic rings. The van der Waals surface area contributed by atoms with Gasteiger partial charge >= 0.3 is 0 Å². The van der Waals surface area contributed by atoms with Gasteiger partial charge in [0.25, 0.3) is 5.91 Å². The Labute approximate surface area is 114 Å². The van der Waals surface area contributed by atoms with Gasteiger partial charge in [-0.25, -0.2) is 0 Å². The third-order valence-corrected chi connectivity index (χ3v) is 4.07. The van der Waals surface area contributed by atoms with Crippen LogP contribution in [0.15, 0.2) is 24.5 Å². The molecule has 1 amide bonds. The number of hydrogen-bond donors (Lipinski definition) is 1. The van der Waals surface area contributed by atoms with Gasteiger partial charge in [-0.15, -0.1) is 0 Å². The standard InChI is InChI=1S/C15H21N3O/c19-15(13-2-1-7-17-10-13)18(14-3-4-14)11-12-5-8-16-9-6-12/h1-2,7,10,12,14,16H,3-6,8-9,11H2. The predicted octanol–water partition coefficient (Wildman–Crippen LogP) is 1.69. The number of nitrogens with one attached hydrogen (secondary N) is 1. The first-order valence-electron chi connectivity index (χ1n) is 7.26. The van der Waals surface area contributed by atoms with Gasteiger partial charge in [-0.1, -0.05) is 0 Å². The lowest BCUT2D eigenvalue weighted by Crippen LogP contribution is -2.40. The second-order valence-electron chi connectivity index (χ2n) is 5.62. The molecule has 102 valence electrons. The van der Waals surface area contributed by atoms with E-state index in [1.54, 1.807) is 12.4 Å². The Morgan fingerprint density at radius 2 is 2.11 bits per heavy atom. The lowest BCUT2D eigenvalue weighted by atomic mass is 9.97. The molecule has 1 N–H and O–H groups in total. The van der Waals surface area contributed by atoms with Crippen LogP contribution in [0.5, 0.6) is 0 Å². The summed E-state index contributed by atoms with van der Waals surface area (Å²) in [5.41, 5.74) is 0.725. The number of piperidine rings is 1. The largest absolute Gasteiger partial charge is 0.335 e. The van der Waals surface area contributed by atoms with Gasteiger partial charge in [0.1, 0.15) is 0 Å². The molecule has 1 aromatic heterocycles. The van der Waals surface area contributed by atoms with Gasteiger partial charge < -0.3 is 10.2 Å². The lowest BCUT2D eigenvalue weighted by Gasteiger charge is -2.30. The highest BCUT2D eigenvalue weighted by atomic mass is 16.2. The number of hydrogen-bond acceptors (Lipinski definition) is 3. The third-order valence-electron chi connectivity index (χ3n) is 4.07. The molecule has 0 unspecified atom stereocenters. The van der Waals surface area contributed by atoms with E-state index in [1.165, 1.54) is 12.8 Å². The van der Waals surface area contributed by atoms with Crippen LogP contribution in [0.3, 0.4) is 0 Å². The second kappa shape index (κ2) is 5.70. The summed E-state index contributed by atoms with van der Waals surface area (Å²) >= 11 is 0. The zero-order chi connectivity index (χ0) is 13.1. The Morgan fingerprint density at radius 3 is 2.74 bits per heavy atom. The topological polar surface area (TPSA) is 45.2 Å². The van der Waals surface area contributed by atoms with E-state index >= 15 is 0 Å². The van der Waals surface area contributed by atoms with E-state index in [4.69, 9.17) is 0 Å². The average molecular weight is 259 g/mol. The monoisotopic (exact) mass is 259 g/mol. The van der Waals surface area contributed by atoms with Crippen molar-refractivity contribution in [2.45, 2.75) is 31.7 Å². The molecule has 19 heavy (non-hydrogen) atoms. The van der Waals surface area contributed by atoms with Crippen LogP contribution in [-0.2, 0) is 0 Å². The second-order valence-corrected chi connectivity index (χ2v) is 5.62. The molecule has 4 heteroatoms. The Bertz CT molecular complexity index is 424. The van der Waals surface area contributed by atoms with E-state index in [1.807, 2.05) is 12.1 Å². The maximum Gasteiger partial charge on any atom is 0.255 e. The van der Waals surface area contributed by atoms with Crippen LogP contribution in [0.25, 0.3) is 0 Å². The van der Waals surface area contributed by atoms with E-state index in [9.17, 15) is 4.79 Å². The fourth-order valence-electron chi connectivity index (χ4n) is 2.78. The minimum Gasteiger partial charge on any atom is -0.335 e. The highest BCUT2D eigenvalue weighted by Crippen LogP contribution is 2.30. The molecule has 0 spiro atoms. The van der Waals surface area contributed by atoms with Crippen LogP contribution in [-0.4, -0.2) is 41.5 Å². The average Bonchev–Trinajstić information content (AvgIpc) is 3.31. The number of rotatable bonds is 4. The summed E-state index contributed by atoms with van der Waals surface area (Å²) in [6.07, 6.45) is 8.09. The van der Waals surface area contributed by atoms with Gasteiger partial charge in [-0.05, 0) is 56.8 Å². The summed E-state index contributed by atoms with van der Waals surface area (Å²) in [6, 6.07) is 4.18. The molecule has 2 fully saturated rings. The van der Waals surface area contributed by atoms with Crippen LogP contribution >= 0.6 is 0 Å². The van der Waals surface area contributed by atoms with Crippen molar-refractivity contribution in [3.8, 4) is 0 Å². The zero-order valence-electron chi connectivity index (χ0n) is 11.2. The van der Waals surface area contributed by atoms with Gasteiger partial charge in [0.2, 0.25) is 0 Å². The highest BCUT2D eigenvalue weighted by Gasteiger charge is 2.34. The Balaban J connectivity index is 1.68. The zero-order valence-corrected chi connectivity index (χ0v) is 11.2. The smallest absolute Gasteiger partial charge is 0.255 e. The highest BCUT2D eigenvalue weighted by molar-refractivity contribution is 5.94. The minimum atomic E-state index is 0.161. The molecule has 1 aliphatic heterocycles. The van der Waals surface area contributed by atoms with E-state index in [-0.39, 0.29) is 5.91 Å². The minimum absolute atomic E-state index is 0.161. The maximum atomic E-state index is 12.6. The first-order valence-corrected chi connectivity index (χ1v) is 7.26. The van der Waals surface area contributed by atoms with Gasteiger partial charge in [-0.3, -0.25) is 9.78 Å². The fourth-order valence-corrected chi connectivity index (χ4v) is 2.78. The first-order chi connectivity index (χ1) is 9.34. The van der Waals surface area contributed by atoms with Gasteiger partial charge in [0.15, 0.2) is 0 Å². The third kappa shape index (κ3) is 3.13. The first kappa shape index (κ1) is 12.6. The molecule has 0 atom stereocenters. The number of nitrogens with zero attached hydrogens (tertiary/aromatic N) is 2. The Hall–Kier alpha value is -1.42. The van der Waals surface area contributed by atoms with Crippen molar-refractivity contribution in [3.05, 3.63) is 30.1 Å². The molecule has 4 nitrogen and oxygen atoms in total. The van der Waals surface area contributed by atoms with Crippen molar-refractivity contribution < 1.29 is 4.79 Å². The molecule has 3 rings (SSSR count). The van der Waals surface area contributed by atoms with E-state index in [2.05, 4.69) is 15.2 Å². The van der Waals surface area contributed by atoms with Crippen molar-refractivity contribution in [2.75, 3.05) is 19.6 Å². The van der Waals surface area contributed by atoms with E-state index < -0.39 is 0 Å². The molecule has 2 aliphatic rings. The van der Waals surface area contributed by atoms with Crippen LogP contribution in [0.4, 0.5) is 0 Å². The number of carbonyl (C=O) groups is 1. The van der Waals surface area contributed by atoms with Gasteiger partial charge in [-0.2, -0.15) is 0 Å². The molecule has 1 saturated heterocycles. The molecule has 0 bridgehead atoms. The molecule has 0 aromatic carbocycles. The van der Waals surface area contributed by atoms with Crippen molar-refractivity contribution in [1.29, 1.82) is 0 Å². The van der Waals surface area contributed by atoms with E-state index in [0.29, 0.717) is 12.0 Å². The van der Waals surface area contributed by atoms with Crippen molar-refractivity contribution >= 4 is 5.91 Å². The molecule has 1 aliphatic carbocycles. The molecule has 2 heterocycles. The molecule has 1 saturated carbocycles. The summed E-state index contributed by atoms with van der Waals surface area (Å²) in [4.78, 5) is 18.7. The van der Waals surface area contributed by atoms with Crippen molar-refractivity contribution in [1.82, 2.24) is 15.2 Å². The number of carbonyl (C=O) groups excluding carboxylic acids is 1. The lowest BCUT2D eigenvalue weighted by molar-refractivity contribution is 0.0701. The molecular formula is C15H21N3O. The molecular weight excluding hydrogens is 238 g/mol. The predicted molar refractivity (Wildman–Crippen MR) is 73.9 cm³/mol. The fraction of sp³-hybridized carbons (Fsp3) is 0.600. The van der Waals surface area contributed by atoms with Crippen molar-refractivity contribution in [3.63, 3.8) is 0 Å². The normalized spacial score (nSPS) is 20.2. The van der Waals surface area contributed by atoms with Crippen LogP contribution in [0.2, 0.25) is 0 Å². The van der Waals surface area contributed by atoms with Gasteiger partial charge in [0.05, 0.1) is 5.56 Å². The van der Waals surface area contributed by atoms with Crippen molar-refractivity contribution in [2.24, 2.45) is 5.92 Å². The number of aromatic nitrogens is 1. The summed E-state index contributed by atoms with van der Waals surface area (Å²) in [5, 5.41) is 3.38. The Kier molecular flexibility index (Phi) is 3.78. The Morgan fingerprint density at radius 1 is 1.32 bits per heavy atom. The summed E-state index contributed by atoms with van der Waals surface area (Å²) in [7, 11) is 0. The van der Waals surface area contributed by atoms with Gasteiger partial charge in [0, 0.05) is 25.0 Å². The number of pyridine rings is 1. The van der Waals surface area contributed by atoms with E-state index in [0.717, 1.165) is 38.0 Å². The molecule has 0 radical (unpaired) electrons. The van der Waals surface area contributed by atoms with Crippen LogP contribution in [0.1, 0.15) is 36.0 Å². The van der Waals surface area contributed by atoms with Crippen LogP contribution < -0.4 is 5.32 Å². The SMILES string of the molecule is O=C(c1cccnc1)N(CC1CCNCC1)C1CC1. The maximum absolute atomic E-state index is 12.6.